The molecule has 0 bridgehead atoms. The van der Waals surface area contributed by atoms with Crippen LogP contribution in [0.15, 0.2) is 12.3 Å². The summed E-state index contributed by atoms with van der Waals surface area (Å²) in [5.74, 6) is 0. The van der Waals surface area contributed by atoms with E-state index < -0.39 is 0 Å². The lowest BCUT2D eigenvalue weighted by Gasteiger charge is -1.99. The van der Waals surface area contributed by atoms with Gasteiger partial charge < -0.3 is 0 Å². The second-order valence-corrected chi connectivity index (χ2v) is 3.14. The van der Waals surface area contributed by atoms with Gasteiger partial charge in [0, 0.05) is 11.9 Å². The molecule has 0 amide bonds. The van der Waals surface area contributed by atoms with E-state index in [2.05, 4.69) is 31.8 Å². The first-order chi connectivity index (χ1) is 6.69. The minimum atomic E-state index is 0.646. The molecule has 0 aliphatic carbocycles. The summed E-state index contributed by atoms with van der Waals surface area (Å²) in [6.45, 7) is 8.27. The topological polar surface area (TPSA) is 36.7 Å². The van der Waals surface area contributed by atoms with Crippen LogP contribution in [0.4, 0.5) is 0 Å². The van der Waals surface area contributed by atoms with Crippen molar-refractivity contribution in [1.82, 2.24) is 4.98 Å². The van der Waals surface area contributed by atoms with Gasteiger partial charge in [-0.3, -0.25) is 4.98 Å². The van der Waals surface area contributed by atoms with Crippen molar-refractivity contribution in [3.63, 3.8) is 0 Å². The fourth-order valence-corrected chi connectivity index (χ4v) is 0.998. The third-order valence-electron chi connectivity index (χ3n) is 1.70. The molecule has 76 valence electrons. The van der Waals surface area contributed by atoms with Crippen molar-refractivity contribution in [2.45, 2.75) is 40.5 Å². The fraction of sp³-hybridized carbons (Fsp3) is 0.500. The number of hydrogen-bond donors (Lipinski definition) is 0. The molecule has 0 atom stereocenters. The Balaban J connectivity index is 0.000000500. The number of hydrogen-bond acceptors (Lipinski definition) is 2. The number of aromatic nitrogens is 1. The summed E-state index contributed by atoms with van der Waals surface area (Å²) in [5, 5.41) is 8.56. The summed E-state index contributed by atoms with van der Waals surface area (Å²) in [6.07, 6.45) is 3.79. The Morgan fingerprint density at radius 3 is 2.36 bits per heavy atom. The maximum Gasteiger partial charge on any atom is 0.101 e. The van der Waals surface area contributed by atoms with Crippen LogP contribution >= 0.6 is 0 Å². The summed E-state index contributed by atoms with van der Waals surface area (Å²) in [6, 6.07) is 3.96. The van der Waals surface area contributed by atoms with E-state index in [1.807, 2.05) is 13.0 Å². The maximum atomic E-state index is 8.56. The maximum absolute atomic E-state index is 8.56. The second kappa shape index (κ2) is 7.08. The third-order valence-corrected chi connectivity index (χ3v) is 1.70. The lowest BCUT2D eigenvalue weighted by molar-refractivity contribution is 1.04. The standard InChI is InChI=1S/C9H10N2.C3H8/c1-3-9-4-8(5-10)6-11-7(9)2;1-3-2/h4,6H,3H2,1-2H3;3H2,1-2H3. The SMILES string of the molecule is CCC.CCc1cc(C#N)cnc1C. The van der Waals surface area contributed by atoms with Gasteiger partial charge in [0.1, 0.15) is 6.07 Å². The number of aryl methyl sites for hydroxylation is 2. The zero-order chi connectivity index (χ0) is 11.0. The lowest BCUT2D eigenvalue weighted by Crippen LogP contribution is -1.91. The molecule has 0 unspecified atom stereocenters. The molecule has 0 N–H and O–H groups in total. The average Bonchev–Trinajstić information content (AvgIpc) is 2.20. The minimum absolute atomic E-state index is 0.646. The van der Waals surface area contributed by atoms with Gasteiger partial charge >= 0.3 is 0 Å². The van der Waals surface area contributed by atoms with Crippen molar-refractivity contribution < 1.29 is 0 Å². The van der Waals surface area contributed by atoms with Crippen LogP contribution in [-0.2, 0) is 6.42 Å². The molecule has 14 heavy (non-hydrogen) atoms. The van der Waals surface area contributed by atoms with Gasteiger partial charge in [0.05, 0.1) is 5.56 Å². The molecule has 0 spiro atoms. The van der Waals surface area contributed by atoms with Crippen molar-refractivity contribution in [2.24, 2.45) is 0 Å². The normalized spacial score (nSPS) is 8.50. The molecule has 1 aromatic heterocycles. The second-order valence-electron chi connectivity index (χ2n) is 3.14. The van der Waals surface area contributed by atoms with Crippen LogP contribution in [0.3, 0.4) is 0 Å². The average molecular weight is 190 g/mol. The zero-order valence-electron chi connectivity index (χ0n) is 9.46. The van der Waals surface area contributed by atoms with E-state index in [0.29, 0.717) is 5.56 Å². The highest BCUT2D eigenvalue weighted by Gasteiger charge is 1.97. The Labute approximate surface area is 86.6 Å². The lowest BCUT2D eigenvalue weighted by atomic mass is 10.1. The highest BCUT2D eigenvalue weighted by Crippen LogP contribution is 2.07. The molecule has 0 saturated heterocycles. The van der Waals surface area contributed by atoms with Crippen LogP contribution in [-0.4, -0.2) is 4.98 Å². The van der Waals surface area contributed by atoms with Crippen LogP contribution < -0.4 is 0 Å². The molecule has 1 aromatic rings. The first-order valence-electron chi connectivity index (χ1n) is 5.05. The van der Waals surface area contributed by atoms with Crippen molar-refractivity contribution in [3.05, 3.63) is 29.1 Å². The Hall–Kier alpha value is -1.36. The van der Waals surface area contributed by atoms with Crippen molar-refractivity contribution in [3.8, 4) is 6.07 Å². The van der Waals surface area contributed by atoms with Crippen LogP contribution in [0, 0.1) is 18.3 Å². The van der Waals surface area contributed by atoms with E-state index in [0.717, 1.165) is 17.7 Å². The van der Waals surface area contributed by atoms with E-state index >= 15 is 0 Å². The number of nitrogens with zero attached hydrogens (tertiary/aromatic N) is 2. The van der Waals surface area contributed by atoms with Gasteiger partial charge in [-0.25, -0.2) is 0 Å². The number of rotatable bonds is 1. The van der Waals surface area contributed by atoms with Crippen LogP contribution in [0.5, 0.6) is 0 Å². The Morgan fingerprint density at radius 2 is 1.93 bits per heavy atom. The summed E-state index contributed by atoms with van der Waals surface area (Å²) in [7, 11) is 0. The molecule has 0 aliphatic rings. The van der Waals surface area contributed by atoms with E-state index in [-0.39, 0.29) is 0 Å². The summed E-state index contributed by atoms with van der Waals surface area (Å²) < 4.78 is 0. The molecule has 2 nitrogen and oxygen atoms in total. The van der Waals surface area contributed by atoms with E-state index in [1.165, 1.54) is 6.42 Å². The molecule has 0 radical (unpaired) electrons. The number of nitriles is 1. The first kappa shape index (κ1) is 12.6. The van der Waals surface area contributed by atoms with E-state index in [9.17, 15) is 0 Å². The highest BCUT2D eigenvalue weighted by molar-refractivity contribution is 5.32. The number of pyridine rings is 1. The Bertz CT molecular complexity index is 311. The first-order valence-corrected chi connectivity index (χ1v) is 5.05. The summed E-state index contributed by atoms with van der Waals surface area (Å²) in [4.78, 5) is 4.10. The predicted molar refractivity (Wildman–Crippen MR) is 59.0 cm³/mol. The van der Waals surface area contributed by atoms with Gasteiger partial charge in [0.15, 0.2) is 0 Å². The molecule has 0 aromatic carbocycles. The fourth-order valence-electron chi connectivity index (χ4n) is 0.998. The molecule has 0 aliphatic heterocycles. The molecule has 0 saturated carbocycles. The van der Waals surface area contributed by atoms with Gasteiger partial charge in [-0.05, 0) is 25.0 Å². The molecular formula is C12H18N2. The zero-order valence-corrected chi connectivity index (χ0v) is 9.46. The minimum Gasteiger partial charge on any atom is -0.260 e. The van der Waals surface area contributed by atoms with Gasteiger partial charge in [-0.15, -0.1) is 0 Å². The molecule has 1 rings (SSSR count). The quantitative estimate of drug-likeness (QED) is 0.681. The summed E-state index contributed by atoms with van der Waals surface area (Å²) in [5.41, 5.74) is 2.82. The predicted octanol–water partition coefficient (Wildman–Crippen LogP) is 3.24. The summed E-state index contributed by atoms with van der Waals surface area (Å²) >= 11 is 0. The molecule has 0 fully saturated rings. The van der Waals surface area contributed by atoms with Gasteiger partial charge in [-0.1, -0.05) is 27.2 Å². The van der Waals surface area contributed by atoms with Gasteiger partial charge in [0.25, 0.3) is 0 Å². The van der Waals surface area contributed by atoms with Crippen molar-refractivity contribution in [1.29, 1.82) is 5.26 Å². The van der Waals surface area contributed by atoms with Crippen molar-refractivity contribution >= 4 is 0 Å². The van der Waals surface area contributed by atoms with Gasteiger partial charge in [0.2, 0.25) is 0 Å². The van der Waals surface area contributed by atoms with Crippen LogP contribution in [0.2, 0.25) is 0 Å². The van der Waals surface area contributed by atoms with Crippen LogP contribution in [0.25, 0.3) is 0 Å². The largest absolute Gasteiger partial charge is 0.260 e. The smallest absolute Gasteiger partial charge is 0.101 e. The molecule has 1 heterocycles. The molecule has 2 heteroatoms. The van der Waals surface area contributed by atoms with Crippen molar-refractivity contribution in [2.75, 3.05) is 0 Å². The van der Waals surface area contributed by atoms with E-state index in [1.54, 1.807) is 6.20 Å². The third kappa shape index (κ3) is 4.04. The van der Waals surface area contributed by atoms with Crippen LogP contribution in [0.1, 0.15) is 44.0 Å². The Kier molecular flexibility index (Phi) is 6.39. The molecular weight excluding hydrogens is 172 g/mol. The highest BCUT2D eigenvalue weighted by atomic mass is 14.7. The monoisotopic (exact) mass is 190 g/mol. The van der Waals surface area contributed by atoms with E-state index in [4.69, 9.17) is 5.26 Å². The Morgan fingerprint density at radius 1 is 1.36 bits per heavy atom. The van der Waals surface area contributed by atoms with Gasteiger partial charge in [-0.2, -0.15) is 5.26 Å².